The monoisotopic (exact) mass is 438 g/mol. The summed E-state index contributed by atoms with van der Waals surface area (Å²) >= 11 is 0. The standard InChI is InChI=1S/C23H19FN2O4S/c1-29-18-12-7-11-17(24)21(18)23-22(16-10-5-6-13-19(16)31(25,27)28)26-20(30-23)14-15-8-3-2-4-9-15/h2-13H,14H2,1H3,(H2,25,27,28). The number of hydrogen-bond acceptors (Lipinski definition) is 5. The number of hydrogen-bond donors (Lipinski definition) is 1. The average Bonchev–Trinajstić information content (AvgIpc) is 3.16. The molecule has 3 aromatic carbocycles. The highest BCUT2D eigenvalue weighted by molar-refractivity contribution is 7.89. The third-order valence-corrected chi connectivity index (χ3v) is 5.71. The summed E-state index contributed by atoms with van der Waals surface area (Å²) in [6, 6.07) is 20.0. The van der Waals surface area contributed by atoms with Crippen molar-refractivity contribution in [3.8, 4) is 28.3 Å². The Labute approximate surface area is 179 Å². The smallest absolute Gasteiger partial charge is 0.238 e. The first kappa shape index (κ1) is 20.8. The van der Waals surface area contributed by atoms with Crippen molar-refractivity contribution in [1.29, 1.82) is 0 Å². The van der Waals surface area contributed by atoms with Crippen LogP contribution in [0.5, 0.6) is 5.75 Å². The molecule has 0 saturated heterocycles. The van der Waals surface area contributed by atoms with Crippen molar-refractivity contribution >= 4 is 10.0 Å². The molecule has 4 rings (SSSR count). The molecule has 4 aromatic rings. The predicted octanol–water partition coefficient (Wildman–Crippen LogP) is 4.39. The molecule has 31 heavy (non-hydrogen) atoms. The minimum absolute atomic E-state index is 0.0519. The van der Waals surface area contributed by atoms with Crippen molar-refractivity contribution < 1.29 is 22.0 Å². The van der Waals surface area contributed by atoms with Crippen LogP contribution in [0.1, 0.15) is 11.5 Å². The van der Waals surface area contributed by atoms with Crippen LogP contribution in [0.3, 0.4) is 0 Å². The Hall–Kier alpha value is -3.49. The van der Waals surface area contributed by atoms with Crippen molar-refractivity contribution in [3.63, 3.8) is 0 Å². The maximum Gasteiger partial charge on any atom is 0.238 e. The van der Waals surface area contributed by atoms with Gasteiger partial charge in [-0.3, -0.25) is 0 Å². The average molecular weight is 438 g/mol. The number of ether oxygens (including phenoxy) is 1. The summed E-state index contributed by atoms with van der Waals surface area (Å²) in [6.45, 7) is 0. The molecule has 0 spiro atoms. The Kier molecular flexibility index (Phi) is 5.58. The van der Waals surface area contributed by atoms with Gasteiger partial charge in [-0.05, 0) is 23.8 Å². The summed E-state index contributed by atoms with van der Waals surface area (Å²) in [5.41, 5.74) is 1.37. The normalized spacial score (nSPS) is 11.5. The molecule has 158 valence electrons. The largest absolute Gasteiger partial charge is 0.496 e. The lowest BCUT2D eigenvalue weighted by atomic mass is 10.0. The number of halogens is 1. The van der Waals surface area contributed by atoms with Crippen molar-refractivity contribution in [2.24, 2.45) is 5.14 Å². The van der Waals surface area contributed by atoms with E-state index in [1.807, 2.05) is 30.3 Å². The first-order chi connectivity index (χ1) is 14.9. The first-order valence-corrected chi connectivity index (χ1v) is 10.9. The molecule has 0 unspecified atom stereocenters. The molecular weight excluding hydrogens is 419 g/mol. The van der Waals surface area contributed by atoms with Gasteiger partial charge in [0, 0.05) is 12.0 Å². The summed E-state index contributed by atoms with van der Waals surface area (Å²) in [6.07, 6.45) is 0.335. The quantitative estimate of drug-likeness (QED) is 0.482. The van der Waals surface area contributed by atoms with Gasteiger partial charge < -0.3 is 9.15 Å². The lowest BCUT2D eigenvalue weighted by molar-refractivity contribution is 0.410. The van der Waals surface area contributed by atoms with Crippen molar-refractivity contribution in [2.75, 3.05) is 7.11 Å². The number of rotatable bonds is 6. The fourth-order valence-corrected chi connectivity index (χ4v) is 4.11. The molecule has 6 nitrogen and oxygen atoms in total. The lowest BCUT2D eigenvalue weighted by Gasteiger charge is -2.10. The van der Waals surface area contributed by atoms with E-state index in [4.69, 9.17) is 14.3 Å². The van der Waals surface area contributed by atoms with Crippen molar-refractivity contribution in [3.05, 3.63) is 90.1 Å². The van der Waals surface area contributed by atoms with E-state index in [2.05, 4.69) is 4.98 Å². The fraction of sp³-hybridized carbons (Fsp3) is 0.0870. The number of aromatic nitrogens is 1. The second-order valence-corrected chi connectivity index (χ2v) is 8.34. The number of nitrogens with zero attached hydrogens (tertiary/aromatic N) is 1. The molecule has 0 aliphatic rings. The van der Waals surface area contributed by atoms with Gasteiger partial charge in [-0.1, -0.05) is 54.6 Å². The zero-order valence-corrected chi connectivity index (χ0v) is 17.4. The van der Waals surface area contributed by atoms with Gasteiger partial charge in [-0.15, -0.1) is 0 Å². The molecule has 0 aliphatic carbocycles. The number of benzene rings is 3. The van der Waals surface area contributed by atoms with Crippen LogP contribution in [0.4, 0.5) is 4.39 Å². The molecule has 0 saturated carbocycles. The zero-order valence-electron chi connectivity index (χ0n) is 16.6. The molecular formula is C23H19FN2O4S. The van der Waals surface area contributed by atoms with E-state index in [1.54, 1.807) is 24.3 Å². The number of oxazole rings is 1. The SMILES string of the molecule is COc1cccc(F)c1-c1oc(Cc2ccccc2)nc1-c1ccccc1S(N)(=O)=O. The van der Waals surface area contributed by atoms with Crippen molar-refractivity contribution in [1.82, 2.24) is 4.98 Å². The Bertz CT molecular complexity index is 1330. The molecule has 0 amide bonds. The second-order valence-electron chi connectivity index (χ2n) is 6.81. The van der Waals surface area contributed by atoms with Crippen LogP contribution in [-0.4, -0.2) is 20.5 Å². The van der Waals surface area contributed by atoms with E-state index >= 15 is 0 Å². The van der Waals surface area contributed by atoms with Crippen LogP contribution in [0.25, 0.3) is 22.6 Å². The summed E-state index contributed by atoms with van der Waals surface area (Å²) in [5, 5.41) is 5.42. The van der Waals surface area contributed by atoms with Crippen molar-refractivity contribution in [2.45, 2.75) is 11.3 Å². The zero-order chi connectivity index (χ0) is 22.0. The first-order valence-electron chi connectivity index (χ1n) is 9.37. The Morgan fingerprint density at radius 2 is 1.71 bits per heavy atom. The van der Waals surface area contributed by atoms with E-state index in [-0.39, 0.29) is 33.2 Å². The molecule has 0 aliphatic heterocycles. The van der Waals surface area contributed by atoms with Crippen LogP contribution in [0.2, 0.25) is 0 Å². The van der Waals surface area contributed by atoms with E-state index in [0.717, 1.165) is 5.56 Å². The number of methoxy groups -OCH3 is 1. The highest BCUT2D eigenvalue weighted by atomic mass is 32.2. The molecule has 0 atom stereocenters. The van der Waals surface area contributed by atoms with E-state index in [9.17, 15) is 12.8 Å². The van der Waals surface area contributed by atoms with Crippen LogP contribution in [0, 0.1) is 5.82 Å². The molecule has 1 heterocycles. The highest BCUT2D eigenvalue weighted by Gasteiger charge is 2.26. The molecule has 0 bridgehead atoms. The maximum atomic E-state index is 14.9. The Morgan fingerprint density at radius 1 is 1.00 bits per heavy atom. The minimum atomic E-state index is -4.06. The molecule has 8 heteroatoms. The lowest BCUT2D eigenvalue weighted by Crippen LogP contribution is -2.13. The van der Waals surface area contributed by atoms with Gasteiger partial charge in [-0.25, -0.2) is 22.9 Å². The fourth-order valence-electron chi connectivity index (χ4n) is 3.37. The van der Waals surface area contributed by atoms with E-state index in [1.165, 1.54) is 25.3 Å². The second kappa shape index (κ2) is 8.33. The number of sulfonamides is 1. The minimum Gasteiger partial charge on any atom is -0.496 e. The van der Waals surface area contributed by atoms with E-state index in [0.29, 0.717) is 12.3 Å². The van der Waals surface area contributed by atoms with E-state index < -0.39 is 15.8 Å². The summed E-state index contributed by atoms with van der Waals surface area (Å²) in [5.74, 6) is 0.00977. The highest BCUT2D eigenvalue weighted by Crippen LogP contribution is 2.41. The van der Waals surface area contributed by atoms with Gasteiger partial charge in [0.1, 0.15) is 17.3 Å². The van der Waals surface area contributed by atoms with Gasteiger partial charge in [0.2, 0.25) is 10.0 Å². The third-order valence-electron chi connectivity index (χ3n) is 4.74. The molecule has 0 radical (unpaired) electrons. The number of primary sulfonamides is 1. The van der Waals surface area contributed by atoms with Crippen LogP contribution >= 0.6 is 0 Å². The number of nitrogens with two attached hydrogens (primary N) is 1. The summed E-state index contributed by atoms with van der Waals surface area (Å²) in [7, 11) is -2.65. The molecule has 1 aromatic heterocycles. The molecule has 0 fully saturated rings. The maximum absolute atomic E-state index is 14.9. The topological polar surface area (TPSA) is 95.4 Å². The van der Waals surface area contributed by atoms with Crippen LogP contribution in [-0.2, 0) is 16.4 Å². The predicted molar refractivity (Wildman–Crippen MR) is 115 cm³/mol. The van der Waals surface area contributed by atoms with Crippen LogP contribution in [0.15, 0.2) is 82.1 Å². The van der Waals surface area contributed by atoms with Gasteiger partial charge >= 0.3 is 0 Å². The van der Waals surface area contributed by atoms with Crippen LogP contribution < -0.4 is 9.88 Å². The van der Waals surface area contributed by atoms with Gasteiger partial charge in [-0.2, -0.15) is 0 Å². The summed E-state index contributed by atoms with van der Waals surface area (Å²) in [4.78, 5) is 4.40. The molecule has 2 N–H and O–H groups in total. The van der Waals surface area contributed by atoms with Gasteiger partial charge in [0.05, 0.1) is 17.6 Å². The Balaban J connectivity index is 1.97. The summed E-state index contributed by atoms with van der Waals surface area (Å²) < 4.78 is 50.6. The van der Waals surface area contributed by atoms with Gasteiger partial charge in [0.25, 0.3) is 0 Å². The van der Waals surface area contributed by atoms with Gasteiger partial charge in [0.15, 0.2) is 11.7 Å². The third kappa shape index (κ3) is 4.21. The Morgan fingerprint density at radius 3 is 2.42 bits per heavy atom.